The summed E-state index contributed by atoms with van der Waals surface area (Å²) in [5.41, 5.74) is 1.23. The van der Waals surface area contributed by atoms with Crippen molar-refractivity contribution in [2.75, 3.05) is 6.61 Å². The molecule has 2 nitrogen and oxygen atoms in total. The summed E-state index contributed by atoms with van der Waals surface area (Å²) in [7, 11) is 0. The molecule has 1 aliphatic rings. The van der Waals surface area contributed by atoms with E-state index in [2.05, 4.69) is 6.07 Å². The molecule has 0 heterocycles. The molecule has 1 aliphatic carbocycles. The van der Waals surface area contributed by atoms with Crippen LogP contribution in [0.3, 0.4) is 0 Å². The van der Waals surface area contributed by atoms with Crippen LogP contribution in [0.1, 0.15) is 31.2 Å². The van der Waals surface area contributed by atoms with Gasteiger partial charge in [-0.2, -0.15) is 0 Å². The lowest BCUT2D eigenvalue weighted by Gasteiger charge is -2.24. The molecular weight excluding hydrogens is 176 g/mol. The molecular formula is C12H14O2. The Morgan fingerprint density at radius 2 is 2.21 bits per heavy atom. The quantitative estimate of drug-likeness (QED) is 0.732. The number of hydrogen-bond donors (Lipinski definition) is 0. The van der Waals surface area contributed by atoms with Gasteiger partial charge in [-0.25, -0.2) is 0 Å². The Bertz CT molecular complexity index is 336. The first-order valence-corrected chi connectivity index (χ1v) is 5.04. The fraction of sp³-hybridized carbons (Fsp3) is 0.417. The summed E-state index contributed by atoms with van der Waals surface area (Å²) in [6, 6.07) is 8.05. The van der Waals surface area contributed by atoms with Gasteiger partial charge in [0.15, 0.2) is 0 Å². The average molecular weight is 190 g/mol. The van der Waals surface area contributed by atoms with Gasteiger partial charge in [-0.3, -0.25) is 4.79 Å². The topological polar surface area (TPSA) is 26.3 Å². The minimum absolute atomic E-state index is 0.372. The van der Waals surface area contributed by atoms with E-state index in [1.54, 1.807) is 0 Å². The van der Waals surface area contributed by atoms with Gasteiger partial charge >= 0.3 is 0 Å². The molecule has 2 rings (SSSR count). The standard InChI is InChI=1S/C12H14O2/c1-2-14-12-5-3-4-9(8-12)10-6-11(13)7-10/h3-5,8,10H,2,6-7H2,1H3. The zero-order valence-electron chi connectivity index (χ0n) is 8.32. The molecule has 0 saturated heterocycles. The van der Waals surface area contributed by atoms with Gasteiger partial charge in [0.25, 0.3) is 0 Å². The van der Waals surface area contributed by atoms with E-state index in [1.807, 2.05) is 25.1 Å². The lowest BCUT2D eigenvalue weighted by Crippen LogP contribution is -2.20. The second-order valence-corrected chi connectivity index (χ2v) is 3.65. The lowest BCUT2D eigenvalue weighted by atomic mass is 9.79. The van der Waals surface area contributed by atoms with Gasteiger partial charge in [0.1, 0.15) is 11.5 Å². The number of Topliss-reactive ketones (excluding diaryl/α,β-unsaturated/α-hetero) is 1. The summed E-state index contributed by atoms with van der Waals surface area (Å²) in [6.07, 6.45) is 1.41. The molecule has 1 aromatic rings. The normalized spacial score (nSPS) is 16.5. The molecule has 0 unspecified atom stereocenters. The fourth-order valence-corrected chi connectivity index (χ4v) is 1.75. The van der Waals surface area contributed by atoms with Crippen LogP contribution in [0.25, 0.3) is 0 Å². The average Bonchev–Trinajstić information content (AvgIpc) is 2.14. The molecule has 0 N–H and O–H groups in total. The van der Waals surface area contributed by atoms with Gasteiger partial charge < -0.3 is 4.74 Å². The Balaban J connectivity index is 2.10. The van der Waals surface area contributed by atoms with E-state index < -0.39 is 0 Å². The van der Waals surface area contributed by atoms with Crippen LogP contribution in [0.2, 0.25) is 0 Å². The third-order valence-corrected chi connectivity index (χ3v) is 2.59. The van der Waals surface area contributed by atoms with E-state index in [-0.39, 0.29) is 0 Å². The van der Waals surface area contributed by atoms with Crippen molar-refractivity contribution in [3.8, 4) is 5.75 Å². The van der Waals surface area contributed by atoms with Crippen molar-refractivity contribution < 1.29 is 9.53 Å². The van der Waals surface area contributed by atoms with Crippen LogP contribution >= 0.6 is 0 Å². The molecule has 0 atom stereocenters. The zero-order valence-corrected chi connectivity index (χ0v) is 8.32. The Morgan fingerprint density at radius 3 is 2.86 bits per heavy atom. The number of hydrogen-bond acceptors (Lipinski definition) is 2. The second-order valence-electron chi connectivity index (χ2n) is 3.65. The van der Waals surface area contributed by atoms with Crippen molar-refractivity contribution in [1.82, 2.24) is 0 Å². The molecule has 74 valence electrons. The summed E-state index contributed by atoms with van der Waals surface area (Å²) < 4.78 is 5.41. The molecule has 0 bridgehead atoms. The summed E-state index contributed by atoms with van der Waals surface area (Å²) in [4.78, 5) is 10.9. The van der Waals surface area contributed by atoms with E-state index >= 15 is 0 Å². The highest BCUT2D eigenvalue weighted by Gasteiger charge is 2.27. The molecule has 0 amide bonds. The van der Waals surface area contributed by atoms with Gasteiger partial charge in [0, 0.05) is 12.8 Å². The smallest absolute Gasteiger partial charge is 0.134 e. The molecule has 1 aromatic carbocycles. The van der Waals surface area contributed by atoms with Crippen LogP contribution in [-0.4, -0.2) is 12.4 Å². The largest absolute Gasteiger partial charge is 0.494 e. The van der Waals surface area contributed by atoms with Crippen molar-refractivity contribution in [2.45, 2.75) is 25.7 Å². The summed E-state index contributed by atoms with van der Waals surface area (Å²) >= 11 is 0. The molecule has 0 radical (unpaired) electrons. The monoisotopic (exact) mass is 190 g/mol. The highest BCUT2D eigenvalue weighted by molar-refractivity contribution is 5.86. The fourth-order valence-electron chi connectivity index (χ4n) is 1.75. The molecule has 0 aliphatic heterocycles. The maximum absolute atomic E-state index is 10.9. The summed E-state index contributed by atoms with van der Waals surface area (Å²) in [6.45, 7) is 2.66. The molecule has 0 aromatic heterocycles. The molecule has 1 saturated carbocycles. The predicted octanol–water partition coefficient (Wildman–Crippen LogP) is 2.53. The highest BCUT2D eigenvalue weighted by atomic mass is 16.5. The van der Waals surface area contributed by atoms with Crippen LogP contribution in [0.4, 0.5) is 0 Å². The van der Waals surface area contributed by atoms with Gasteiger partial charge in [-0.05, 0) is 30.5 Å². The Labute approximate surface area is 83.9 Å². The Hall–Kier alpha value is -1.31. The molecule has 1 fully saturated rings. The maximum atomic E-state index is 10.9. The van der Waals surface area contributed by atoms with Crippen molar-refractivity contribution in [1.29, 1.82) is 0 Å². The highest BCUT2D eigenvalue weighted by Crippen LogP contribution is 2.34. The van der Waals surface area contributed by atoms with Gasteiger partial charge in [0.2, 0.25) is 0 Å². The third-order valence-electron chi connectivity index (χ3n) is 2.59. The van der Waals surface area contributed by atoms with Gasteiger partial charge in [-0.1, -0.05) is 12.1 Å². The molecule has 14 heavy (non-hydrogen) atoms. The number of carbonyl (C=O) groups excluding carboxylic acids is 1. The van der Waals surface area contributed by atoms with Gasteiger partial charge in [0.05, 0.1) is 6.61 Å². The van der Waals surface area contributed by atoms with Crippen molar-refractivity contribution in [3.05, 3.63) is 29.8 Å². The number of ketones is 1. The molecule has 2 heteroatoms. The Kier molecular flexibility index (Phi) is 2.53. The van der Waals surface area contributed by atoms with Crippen molar-refractivity contribution >= 4 is 5.78 Å². The van der Waals surface area contributed by atoms with E-state index in [4.69, 9.17) is 4.74 Å². The lowest BCUT2D eigenvalue weighted by molar-refractivity contribution is -0.124. The van der Waals surface area contributed by atoms with E-state index in [1.165, 1.54) is 5.56 Å². The first-order chi connectivity index (χ1) is 6.79. The maximum Gasteiger partial charge on any atom is 0.134 e. The van der Waals surface area contributed by atoms with E-state index in [9.17, 15) is 4.79 Å². The third kappa shape index (κ3) is 1.79. The van der Waals surface area contributed by atoms with Crippen LogP contribution in [0.15, 0.2) is 24.3 Å². The van der Waals surface area contributed by atoms with Crippen LogP contribution in [0.5, 0.6) is 5.75 Å². The number of ether oxygens (including phenoxy) is 1. The van der Waals surface area contributed by atoms with Crippen molar-refractivity contribution in [2.24, 2.45) is 0 Å². The van der Waals surface area contributed by atoms with Crippen LogP contribution in [-0.2, 0) is 4.79 Å². The zero-order chi connectivity index (χ0) is 9.97. The first-order valence-electron chi connectivity index (χ1n) is 5.04. The van der Waals surface area contributed by atoms with Crippen molar-refractivity contribution in [3.63, 3.8) is 0 Å². The summed E-state index contributed by atoms with van der Waals surface area (Å²) in [5, 5.41) is 0. The van der Waals surface area contributed by atoms with Crippen LogP contribution in [0, 0.1) is 0 Å². The number of rotatable bonds is 3. The second kappa shape index (κ2) is 3.82. The number of benzene rings is 1. The van der Waals surface area contributed by atoms with E-state index in [0.29, 0.717) is 31.1 Å². The van der Waals surface area contributed by atoms with Gasteiger partial charge in [-0.15, -0.1) is 0 Å². The Morgan fingerprint density at radius 1 is 1.43 bits per heavy atom. The predicted molar refractivity (Wildman–Crippen MR) is 54.6 cm³/mol. The first kappa shape index (κ1) is 9.25. The minimum atomic E-state index is 0.372. The van der Waals surface area contributed by atoms with E-state index in [0.717, 1.165) is 5.75 Å². The number of carbonyl (C=O) groups is 1. The SMILES string of the molecule is CCOc1cccc(C2CC(=O)C2)c1. The minimum Gasteiger partial charge on any atom is -0.494 e. The summed E-state index contributed by atoms with van der Waals surface area (Å²) in [5.74, 6) is 1.71. The van der Waals surface area contributed by atoms with Crippen LogP contribution < -0.4 is 4.74 Å². The molecule has 0 spiro atoms.